The quantitative estimate of drug-likeness (QED) is 0.774. The van der Waals surface area contributed by atoms with Crippen molar-refractivity contribution in [1.82, 2.24) is 9.78 Å². The maximum Gasteiger partial charge on any atom is 0.118 e. The fourth-order valence-corrected chi connectivity index (χ4v) is 1.86. The van der Waals surface area contributed by atoms with Crippen LogP contribution in [-0.2, 0) is 13.0 Å². The van der Waals surface area contributed by atoms with Crippen molar-refractivity contribution in [2.75, 3.05) is 7.11 Å². The summed E-state index contributed by atoms with van der Waals surface area (Å²) in [5.74, 6) is 0.885. The summed E-state index contributed by atoms with van der Waals surface area (Å²) in [6.07, 6.45) is 4.77. The number of halogens is 1. The third-order valence-electron chi connectivity index (χ3n) is 2.90. The molecule has 0 radical (unpaired) electrons. The number of rotatable bonds is 5. The van der Waals surface area contributed by atoms with Gasteiger partial charge in [0, 0.05) is 18.3 Å². The smallest absolute Gasteiger partial charge is 0.118 e. The molecule has 0 bridgehead atoms. The van der Waals surface area contributed by atoms with Crippen LogP contribution in [0.3, 0.4) is 0 Å². The summed E-state index contributed by atoms with van der Waals surface area (Å²) >= 11 is 6.00. The molecule has 96 valence electrons. The summed E-state index contributed by atoms with van der Waals surface area (Å²) in [6.45, 7) is 2.81. The molecule has 18 heavy (non-hydrogen) atoms. The highest BCUT2D eigenvalue weighted by Crippen LogP contribution is 2.18. The Morgan fingerprint density at radius 1 is 1.33 bits per heavy atom. The van der Waals surface area contributed by atoms with Crippen LogP contribution in [0.15, 0.2) is 36.7 Å². The molecule has 0 aliphatic carbocycles. The van der Waals surface area contributed by atoms with Gasteiger partial charge in [-0.3, -0.25) is 4.68 Å². The first kappa shape index (κ1) is 13.0. The van der Waals surface area contributed by atoms with Crippen molar-refractivity contribution in [3.63, 3.8) is 0 Å². The summed E-state index contributed by atoms with van der Waals surface area (Å²) in [6, 6.07) is 8.11. The van der Waals surface area contributed by atoms with E-state index in [1.165, 1.54) is 5.56 Å². The lowest BCUT2D eigenvalue weighted by atomic mass is 10.1. The van der Waals surface area contributed by atoms with Crippen molar-refractivity contribution in [1.29, 1.82) is 0 Å². The molecule has 0 amide bonds. The zero-order chi connectivity index (χ0) is 13.0. The second kappa shape index (κ2) is 5.91. The van der Waals surface area contributed by atoms with E-state index in [-0.39, 0.29) is 5.38 Å². The summed E-state index contributed by atoms with van der Waals surface area (Å²) in [4.78, 5) is 0. The van der Waals surface area contributed by atoms with Crippen molar-refractivity contribution in [2.45, 2.75) is 25.3 Å². The largest absolute Gasteiger partial charge is 0.497 e. The number of aryl methyl sites for hydroxylation is 2. The van der Waals surface area contributed by atoms with E-state index in [9.17, 15) is 0 Å². The standard InChI is InChI=1S/C14H17ClN2O/c1-11(15)13-9-16-17(10-13)8-7-12-3-5-14(18-2)6-4-12/h3-6,9-11H,7-8H2,1-2H3. The van der Waals surface area contributed by atoms with E-state index in [0.29, 0.717) is 0 Å². The minimum Gasteiger partial charge on any atom is -0.497 e. The van der Waals surface area contributed by atoms with E-state index in [2.05, 4.69) is 17.2 Å². The molecular weight excluding hydrogens is 248 g/mol. The number of methoxy groups -OCH3 is 1. The van der Waals surface area contributed by atoms with Crippen molar-refractivity contribution < 1.29 is 4.74 Å². The minimum absolute atomic E-state index is 0.0136. The molecule has 1 aromatic heterocycles. The Kier molecular flexibility index (Phi) is 4.26. The monoisotopic (exact) mass is 264 g/mol. The maximum atomic E-state index is 6.00. The van der Waals surface area contributed by atoms with Gasteiger partial charge in [0.05, 0.1) is 18.7 Å². The molecule has 4 heteroatoms. The van der Waals surface area contributed by atoms with Crippen molar-refractivity contribution in [3.05, 3.63) is 47.8 Å². The van der Waals surface area contributed by atoms with Crippen LogP contribution in [-0.4, -0.2) is 16.9 Å². The van der Waals surface area contributed by atoms with Crippen LogP contribution < -0.4 is 4.74 Å². The lowest BCUT2D eigenvalue weighted by molar-refractivity contribution is 0.414. The molecule has 0 fully saturated rings. The highest BCUT2D eigenvalue weighted by atomic mass is 35.5. The van der Waals surface area contributed by atoms with E-state index < -0.39 is 0 Å². The molecule has 0 spiro atoms. The molecule has 0 aliphatic heterocycles. The number of ether oxygens (including phenoxy) is 1. The summed E-state index contributed by atoms with van der Waals surface area (Å²) in [7, 11) is 1.67. The van der Waals surface area contributed by atoms with Crippen LogP contribution in [0, 0.1) is 0 Å². The fourth-order valence-electron chi connectivity index (χ4n) is 1.74. The van der Waals surface area contributed by atoms with Gasteiger partial charge >= 0.3 is 0 Å². The molecule has 2 aromatic rings. The summed E-state index contributed by atoms with van der Waals surface area (Å²) < 4.78 is 7.06. The molecular formula is C14H17ClN2O. The van der Waals surface area contributed by atoms with Crippen LogP contribution in [0.25, 0.3) is 0 Å². The average molecular weight is 265 g/mol. The third-order valence-corrected chi connectivity index (χ3v) is 3.15. The van der Waals surface area contributed by atoms with Crippen molar-refractivity contribution >= 4 is 11.6 Å². The average Bonchev–Trinajstić information content (AvgIpc) is 2.86. The Morgan fingerprint density at radius 2 is 2.06 bits per heavy atom. The molecule has 1 atom stereocenters. The number of hydrogen-bond donors (Lipinski definition) is 0. The number of nitrogens with zero attached hydrogens (tertiary/aromatic N) is 2. The Balaban J connectivity index is 1.93. The lowest BCUT2D eigenvalue weighted by Crippen LogP contribution is -2.01. The SMILES string of the molecule is COc1ccc(CCn2cc(C(C)Cl)cn2)cc1. The first-order valence-electron chi connectivity index (χ1n) is 5.98. The van der Waals surface area contributed by atoms with Gasteiger partial charge in [-0.2, -0.15) is 5.10 Å². The number of alkyl halides is 1. The molecule has 3 nitrogen and oxygen atoms in total. The Morgan fingerprint density at radius 3 is 2.61 bits per heavy atom. The molecule has 1 heterocycles. The first-order chi connectivity index (χ1) is 8.69. The summed E-state index contributed by atoms with van der Waals surface area (Å²) in [5.41, 5.74) is 2.33. The van der Waals surface area contributed by atoms with Gasteiger partial charge in [0.15, 0.2) is 0 Å². The van der Waals surface area contributed by atoms with Gasteiger partial charge < -0.3 is 4.74 Å². The fraction of sp³-hybridized carbons (Fsp3) is 0.357. The molecule has 0 saturated carbocycles. The molecule has 0 aliphatic rings. The highest BCUT2D eigenvalue weighted by Gasteiger charge is 2.04. The predicted octanol–water partition coefficient (Wildman–Crippen LogP) is 3.43. The van der Waals surface area contributed by atoms with Crippen LogP contribution in [0.2, 0.25) is 0 Å². The molecule has 2 rings (SSSR count). The second-order valence-corrected chi connectivity index (χ2v) is 4.91. The van der Waals surface area contributed by atoms with Gasteiger partial charge in [-0.15, -0.1) is 11.6 Å². The van der Waals surface area contributed by atoms with Gasteiger partial charge in [0.25, 0.3) is 0 Å². The highest BCUT2D eigenvalue weighted by molar-refractivity contribution is 6.20. The molecule has 0 N–H and O–H groups in total. The predicted molar refractivity (Wildman–Crippen MR) is 73.2 cm³/mol. The second-order valence-electron chi connectivity index (χ2n) is 4.25. The minimum atomic E-state index is 0.0136. The van der Waals surface area contributed by atoms with E-state index in [4.69, 9.17) is 16.3 Å². The van der Waals surface area contributed by atoms with Crippen LogP contribution in [0.5, 0.6) is 5.75 Å². The zero-order valence-electron chi connectivity index (χ0n) is 10.6. The Hall–Kier alpha value is -1.48. The normalized spacial score (nSPS) is 12.4. The number of benzene rings is 1. The maximum absolute atomic E-state index is 6.00. The van der Waals surface area contributed by atoms with E-state index in [0.717, 1.165) is 24.3 Å². The molecule has 1 aromatic carbocycles. The molecule has 0 saturated heterocycles. The lowest BCUT2D eigenvalue weighted by Gasteiger charge is -2.04. The number of hydrogen-bond acceptors (Lipinski definition) is 2. The van der Waals surface area contributed by atoms with Gasteiger partial charge in [-0.05, 0) is 31.0 Å². The van der Waals surface area contributed by atoms with Gasteiger partial charge in [-0.1, -0.05) is 12.1 Å². The van der Waals surface area contributed by atoms with Gasteiger partial charge in [0.1, 0.15) is 5.75 Å². The van der Waals surface area contributed by atoms with E-state index in [1.54, 1.807) is 7.11 Å². The number of aromatic nitrogens is 2. The zero-order valence-corrected chi connectivity index (χ0v) is 11.4. The van der Waals surface area contributed by atoms with Crippen LogP contribution in [0.1, 0.15) is 23.4 Å². The van der Waals surface area contributed by atoms with Crippen molar-refractivity contribution in [3.8, 4) is 5.75 Å². The third kappa shape index (κ3) is 3.26. The summed E-state index contributed by atoms with van der Waals surface area (Å²) in [5, 5.41) is 4.31. The Labute approximate surface area is 112 Å². The van der Waals surface area contributed by atoms with E-state index >= 15 is 0 Å². The van der Waals surface area contributed by atoms with Crippen molar-refractivity contribution in [2.24, 2.45) is 0 Å². The first-order valence-corrected chi connectivity index (χ1v) is 6.42. The molecule has 1 unspecified atom stereocenters. The van der Waals surface area contributed by atoms with Crippen LogP contribution >= 0.6 is 11.6 Å². The van der Waals surface area contributed by atoms with Gasteiger partial charge in [0.2, 0.25) is 0 Å². The topological polar surface area (TPSA) is 27.1 Å². The van der Waals surface area contributed by atoms with Crippen LogP contribution in [0.4, 0.5) is 0 Å². The Bertz CT molecular complexity index is 491. The van der Waals surface area contributed by atoms with Gasteiger partial charge in [-0.25, -0.2) is 0 Å². The van der Waals surface area contributed by atoms with E-state index in [1.807, 2.05) is 36.1 Å².